The van der Waals surface area contributed by atoms with Crippen molar-refractivity contribution >= 4 is 0 Å². The molecule has 0 saturated heterocycles. The number of aliphatic hydroxyl groups excluding tert-OH is 1. The fourth-order valence-corrected chi connectivity index (χ4v) is 2.14. The van der Waals surface area contributed by atoms with E-state index >= 15 is 0 Å². The molecule has 0 aromatic rings. The Balaban J connectivity index is 3.33. The molecule has 0 aliphatic carbocycles. The number of aliphatic hydroxyl groups is 1. The monoisotopic (exact) mass is 257 g/mol. The first-order chi connectivity index (χ1) is 8.49. The lowest BCUT2D eigenvalue weighted by molar-refractivity contribution is 0.205. The standard InChI is InChI=1S/C16H35NO/c1-5-6-10-15(13-18)11-8-7-9-12-17-14-16(2,3)4/h15,17-18H,5-14H2,1-4H3/t15-/m1/s1. The Hall–Kier alpha value is -0.0800. The maximum absolute atomic E-state index is 9.27. The van der Waals surface area contributed by atoms with E-state index in [1.807, 2.05) is 0 Å². The van der Waals surface area contributed by atoms with Crippen LogP contribution in [0.4, 0.5) is 0 Å². The van der Waals surface area contributed by atoms with Gasteiger partial charge >= 0.3 is 0 Å². The van der Waals surface area contributed by atoms with Crippen molar-refractivity contribution in [1.29, 1.82) is 0 Å². The van der Waals surface area contributed by atoms with Crippen molar-refractivity contribution in [2.45, 2.75) is 72.6 Å². The van der Waals surface area contributed by atoms with Gasteiger partial charge in [0.05, 0.1) is 0 Å². The van der Waals surface area contributed by atoms with Crippen LogP contribution in [-0.2, 0) is 0 Å². The molecule has 110 valence electrons. The van der Waals surface area contributed by atoms with E-state index in [9.17, 15) is 5.11 Å². The Morgan fingerprint density at radius 3 is 2.22 bits per heavy atom. The molecule has 0 fully saturated rings. The van der Waals surface area contributed by atoms with Crippen LogP contribution in [0.2, 0.25) is 0 Å². The van der Waals surface area contributed by atoms with Gasteiger partial charge in [0.15, 0.2) is 0 Å². The Bertz CT molecular complexity index is 174. The van der Waals surface area contributed by atoms with E-state index in [4.69, 9.17) is 0 Å². The van der Waals surface area contributed by atoms with Crippen molar-refractivity contribution in [2.24, 2.45) is 11.3 Å². The molecule has 0 spiro atoms. The quantitative estimate of drug-likeness (QED) is 0.549. The highest BCUT2D eigenvalue weighted by atomic mass is 16.3. The molecule has 0 aromatic heterocycles. The molecule has 0 unspecified atom stereocenters. The molecule has 0 heterocycles. The Morgan fingerprint density at radius 1 is 1.00 bits per heavy atom. The van der Waals surface area contributed by atoms with Crippen LogP contribution in [-0.4, -0.2) is 24.8 Å². The lowest BCUT2D eigenvalue weighted by Crippen LogP contribution is -2.27. The van der Waals surface area contributed by atoms with Crippen LogP contribution in [0.25, 0.3) is 0 Å². The van der Waals surface area contributed by atoms with Crippen molar-refractivity contribution in [2.75, 3.05) is 19.7 Å². The van der Waals surface area contributed by atoms with Gasteiger partial charge in [-0.2, -0.15) is 0 Å². The van der Waals surface area contributed by atoms with Crippen molar-refractivity contribution in [3.05, 3.63) is 0 Å². The summed E-state index contributed by atoms with van der Waals surface area (Å²) in [5, 5.41) is 12.8. The normalized spacial score (nSPS) is 13.8. The Kier molecular flexibility index (Phi) is 10.8. The van der Waals surface area contributed by atoms with Crippen LogP contribution in [0.5, 0.6) is 0 Å². The number of hydrogen-bond donors (Lipinski definition) is 2. The fourth-order valence-electron chi connectivity index (χ4n) is 2.14. The van der Waals surface area contributed by atoms with E-state index in [1.165, 1.54) is 44.9 Å². The summed E-state index contributed by atoms with van der Waals surface area (Å²) in [7, 11) is 0. The predicted octanol–water partition coefficient (Wildman–Crippen LogP) is 3.98. The first kappa shape index (κ1) is 17.9. The fraction of sp³-hybridized carbons (Fsp3) is 1.00. The SMILES string of the molecule is CCCC[C@@H](CO)CCCCCNCC(C)(C)C. The van der Waals surface area contributed by atoms with Gasteiger partial charge in [0.1, 0.15) is 0 Å². The molecule has 0 aliphatic rings. The number of unbranched alkanes of at least 4 members (excludes halogenated alkanes) is 3. The van der Waals surface area contributed by atoms with Gasteiger partial charge in [-0.3, -0.25) is 0 Å². The highest BCUT2D eigenvalue weighted by Crippen LogP contribution is 2.16. The maximum atomic E-state index is 9.27. The molecule has 0 saturated carbocycles. The van der Waals surface area contributed by atoms with Crippen molar-refractivity contribution < 1.29 is 5.11 Å². The summed E-state index contributed by atoms with van der Waals surface area (Å²) in [6.07, 6.45) is 8.74. The number of rotatable bonds is 11. The highest BCUT2D eigenvalue weighted by Gasteiger charge is 2.08. The van der Waals surface area contributed by atoms with Gasteiger partial charge in [0.2, 0.25) is 0 Å². The van der Waals surface area contributed by atoms with Gasteiger partial charge in [0, 0.05) is 6.61 Å². The molecule has 18 heavy (non-hydrogen) atoms. The molecule has 1 atom stereocenters. The van der Waals surface area contributed by atoms with Crippen LogP contribution < -0.4 is 5.32 Å². The van der Waals surface area contributed by atoms with E-state index in [-0.39, 0.29) is 0 Å². The molecule has 2 N–H and O–H groups in total. The molecule has 0 rings (SSSR count). The zero-order valence-corrected chi connectivity index (χ0v) is 13.1. The zero-order chi connectivity index (χ0) is 13.9. The molecule has 0 radical (unpaired) electrons. The second kappa shape index (κ2) is 10.8. The van der Waals surface area contributed by atoms with Gasteiger partial charge in [-0.1, -0.05) is 53.4 Å². The van der Waals surface area contributed by atoms with E-state index in [0.29, 0.717) is 17.9 Å². The topological polar surface area (TPSA) is 32.3 Å². The van der Waals surface area contributed by atoms with Crippen molar-refractivity contribution in [3.63, 3.8) is 0 Å². The smallest absolute Gasteiger partial charge is 0.0459 e. The van der Waals surface area contributed by atoms with Crippen molar-refractivity contribution in [1.82, 2.24) is 5.32 Å². The van der Waals surface area contributed by atoms with Gasteiger partial charge in [0.25, 0.3) is 0 Å². The Labute approximate surface area is 115 Å². The zero-order valence-electron chi connectivity index (χ0n) is 13.1. The minimum absolute atomic E-state index is 0.377. The van der Waals surface area contributed by atoms with E-state index in [1.54, 1.807) is 0 Å². The average Bonchev–Trinajstić information content (AvgIpc) is 2.30. The van der Waals surface area contributed by atoms with Crippen LogP contribution in [0.1, 0.15) is 72.6 Å². The molecule has 2 nitrogen and oxygen atoms in total. The second-order valence-corrected chi connectivity index (χ2v) is 6.78. The van der Waals surface area contributed by atoms with Crippen LogP contribution in [0, 0.1) is 11.3 Å². The average molecular weight is 257 g/mol. The van der Waals surface area contributed by atoms with Crippen LogP contribution in [0.3, 0.4) is 0 Å². The number of nitrogens with one attached hydrogen (secondary N) is 1. The molecule has 0 aliphatic heterocycles. The third kappa shape index (κ3) is 12.4. The van der Waals surface area contributed by atoms with Gasteiger partial charge < -0.3 is 10.4 Å². The maximum Gasteiger partial charge on any atom is 0.0459 e. The Morgan fingerprint density at radius 2 is 1.67 bits per heavy atom. The first-order valence-electron chi connectivity index (χ1n) is 7.81. The van der Waals surface area contributed by atoms with E-state index < -0.39 is 0 Å². The summed E-state index contributed by atoms with van der Waals surface area (Å²) in [5.74, 6) is 0.549. The lowest BCUT2D eigenvalue weighted by atomic mass is 9.96. The van der Waals surface area contributed by atoms with Crippen molar-refractivity contribution in [3.8, 4) is 0 Å². The summed E-state index contributed by atoms with van der Waals surface area (Å²) < 4.78 is 0. The number of hydrogen-bond acceptors (Lipinski definition) is 2. The van der Waals surface area contributed by atoms with Gasteiger partial charge in [-0.05, 0) is 43.7 Å². The molecular formula is C16H35NO. The molecule has 0 amide bonds. The van der Waals surface area contributed by atoms with Crippen LogP contribution in [0.15, 0.2) is 0 Å². The summed E-state index contributed by atoms with van der Waals surface area (Å²) >= 11 is 0. The highest BCUT2D eigenvalue weighted by molar-refractivity contribution is 4.65. The summed E-state index contributed by atoms with van der Waals surface area (Å²) in [4.78, 5) is 0. The lowest BCUT2D eigenvalue weighted by Gasteiger charge is -2.18. The summed E-state index contributed by atoms with van der Waals surface area (Å²) in [6, 6.07) is 0. The second-order valence-electron chi connectivity index (χ2n) is 6.78. The van der Waals surface area contributed by atoms with Gasteiger partial charge in [-0.15, -0.1) is 0 Å². The third-order valence-electron chi connectivity index (χ3n) is 3.35. The molecule has 0 aromatic carbocycles. The van der Waals surface area contributed by atoms with E-state index in [2.05, 4.69) is 33.0 Å². The first-order valence-corrected chi connectivity index (χ1v) is 7.81. The molecular weight excluding hydrogens is 222 g/mol. The van der Waals surface area contributed by atoms with Crippen LogP contribution >= 0.6 is 0 Å². The minimum atomic E-state index is 0.377. The largest absolute Gasteiger partial charge is 0.396 e. The summed E-state index contributed by atoms with van der Waals surface area (Å²) in [6.45, 7) is 11.6. The summed E-state index contributed by atoms with van der Waals surface area (Å²) in [5.41, 5.74) is 0.391. The predicted molar refractivity (Wildman–Crippen MR) is 80.9 cm³/mol. The molecule has 2 heteroatoms. The minimum Gasteiger partial charge on any atom is -0.396 e. The van der Waals surface area contributed by atoms with E-state index in [0.717, 1.165) is 13.1 Å². The van der Waals surface area contributed by atoms with Gasteiger partial charge in [-0.25, -0.2) is 0 Å². The molecule has 0 bridgehead atoms. The third-order valence-corrected chi connectivity index (χ3v) is 3.35.